The van der Waals surface area contributed by atoms with Crippen LogP contribution in [0, 0.1) is 0 Å². The van der Waals surface area contributed by atoms with E-state index in [1.165, 1.54) is 30.2 Å². The number of hydrogen-bond acceptors (Lipinski definition) is 6. The lowest BCUT2D eigenvalue weighted by Gasteiger charge is -2.33. The second-order valence-electron chi connectivity index (χ2n) is 8.55. The number of ether oxygens (including phenoxy) is 2. The number of methoxy groups -OCH3 is 2. The lowest BCUT2D eigenvalue weighted by atomic mass is 10.1. The number of hydrogen-bond donors (Lipinski definition) is 1. The molecule has 2 rings (SSSR count). The van der Waals surface area contributed by atoms with Crippen molar-refractivity contribution in [3.8, 4) is 11.5 Å². The van der Waals surface area contributed by atoms with Crippen LogP contribution in [0.5, 0.6) is 11.5 Å². The first-order valence-corrected chi connectivity index (χ1v) is 13.7. The van der Waals surface area contributed by atoms with Crippen molar-refractivity contribution >= 4 is 39.1 Å². The van der Waals surface area contributed by atoms with Crippen LogP contribution in [0.3, 0.4) is 0 Å². The van der Waals surface area contributed by atoms with Crippen LogP contribution >= 0.6 is 11.6 Å². The fourth-order valence-corrected chi connectivity index (χ4v) is 4.75. The maximum atomic E-state index is 13.7. The standard InChI is InChI=1S/C25H34ClN3O6S/c1-7-22(25(31)27-17(2)3)28(15-18-8-11-20(34-4)12-9-18)24(30)16-29(36(6,32)33)19-10-13-23(35-5)21(26)14-19/h8-14,17,22H,7,15-16H2,1-6H3,(H,27,31)/t22-/m1/s1. The molecule has 0 aliphatic heterocycles. The van der Waals surface area contributed by atoms with Gasteiger partial charge in [-0.2, -0.15) is 0 Å². The number of sulfonamides is 1. The number of nitrogens with one attached hydrogen (secondary N) is 1. The summed E-state index contributed by atoms with van der Waals surface area (Å²) in [5, 5.41) is 3.06. The third-order valence-corrected chi connectivity index (χ3v) is 6.87. The zero-order chi connectivity index (χ0) is 27.0. The predicted molar refractivity (Wildman–Crippen MR) is 141 cm³/mol. The lowest BCUT2D eigenvalue weighted by Crippen LogP contribution is -2.53. The topological polar surface area (TPSA) is 105 Å². The Morgan fingerprint density at radius 1 is 1.06 bits per heavy atom. The summed E-state index contributed by atoms with van der Waals surface area (Å²) in [7, 11) is -0.865. The van der Waals surface area contributed by atoms with Gasteiger partial charge in [0.15, 0.2) is 0 Å². The first-order valence-electron chi connectivity index (χ1n) is 11.4. The maximum Gasteiger partial charge on any atom is 0.244 e. The van der Waals surface area contributed by atoms with Gasteiger partial charge in [0, 0.05) is 12.6 Å². The minimum atomic E-state index is -3.87. The molecule has 0 saturated heterocycles. The smallest absolute Gasteiger partial charge is 0.244 e. The SMILES string of the molecule is CC[C@H](C(=O)NC(C)C)N(Cc1ccc(OC)cc1)C(=O)CN(c1ccc(OC)c(Cl)c1)S(C)(=O)=O. The molecule has 0 bridgehead atoms. The minimum absolute atomic E-state index is 0.105. The zero-order valence-electron chi connectivity index (χ0n) is 21.4. The van der Waals surface area contributed by atoms with E-state index < -0.39 is 28.5 Å². The average Bonchev–Trinajstić information content (AvgIpc) is 2.81. The van der Waals surface area contributed by atoms with Gasteiger partial charge in [0.1, 0.15) is 24.1 Å². The lowest BCUT2D eigenvalue weighted by molar-refractivity contribution is -0.140. The summed E-state index contributed by atoms with van der Waals surface area (Å²) >= 11 is 6.21. The monoisotopic (exact) mass is 539 g/mol. The van der Waals surface area contributed by atoms with E-state index in [2.05, 4.69) is 5.32 Å². The van der Waals surface area contributed by atoms with E-state index in [1.54, 1.807) is 38.3 Å². The fourth-order valence-electron chi connectivity index (χ4n) is 3.65. The van der Waals surface area contributed by atoms with E-state index in [0.717, 1.165) is 16.1 Å². The van der Waals surface area contributed by atoms with Crippen molar-refractivity contribution in [3.05, 3.63) is 53.1 Å². The Labute approximate surface area is 218 Å². The van der Waals surface area contributed by atoms with Gasteiger partial charge < -0.3 is 19.7 Å². The van der Waals surface area contributed by atoms with Crippen molar-refractivity contribution < 1.29 is 27.5 Å². The summed E-state index contributed by atoms with van der Waals surface area (Å²) in [6.45, 7) is 5.06. The molecule has 0 aromatic heterocycles. The van der Waals surface area contributed by atoms with E-state index in [9.17, 15) is 18.0 Å². The van der Waals surface area contributed by atoms with Crippen molar-refractivity contribution in [2.45, 2.75) is 45.8 Å². The second-order valence-corrected chi connectivity index (χ2v) is 10.9. The summed E-state index contributed by atoms with van der Waals surface area (Å²) in [5.41, 5.74) is 0.971. The Hall–Kier alpha value is -2.98. The average molecular weight is 540 g/mol. The minimum Gasteiger partial charge on any atom is -0.497 e. The van der Waals surface area contributed by atoms with Crippen LogP contribution in [0.25, 0.3) is 0 Å². The highest BCUT2D eigenvalue weighted by Crippen LogP contribution is 2.30. The van der Waals surface area contributed by atoms with Gasteiger partial charge in [-0.05, 0) is 56.2 Å². The molecule has 0 radical (unpaired) electrons. The second kappa shape index (κ2) is 12.8. The number of anilines is 1. The molecule has 11 heteroatoms. The van der Waals surface area contributed by atoms with Crippen LogP contribution < -0.4 is 19.1 Å². The summed E-state index contributed by atoms with van der Waals surface area (Å²) in [4.78, 5) is 28.1. The first kappa shape index (κ1) is 29.3. The molecule has 0 heterocycles. The van der Waals surface area contributed by atoms with Crippen molar-refractivity contribution in [1.29, 1.82) is 0 Å². The fraction of sp³-hybridized carbons (Fsp3) is 0.440. The van der Waals surface area contributed by atoms with E-state index >= 15 is 0 Å². The molecule has 0 spiro atoms. The van der Waals surface area contributed by atoms with Gasteiger partial charge in [-0.25, -0.2) is 8.42 Å². The van der Waals surface area contributed by atoms with Crippen molar-refractivity contribution in [2.24, 2.45) is 0 Å². The van der Waals surface area contributed by atoms with Gasteiger partial charge >= 0.3 is 0 Å². The van der Waals surface area contributed by atoms with Gasteiger partial charge in [-0.15, -0.1) is 0 Å². The van der Waals surface area contributed by atoms with Crippen molar-refractivity contribution in [2.75, 3.05) is 31.3 Å². The van der Waals surface area contributed by atoms with Gasteiger partial charge in [0.25, 0.3) is 0 Å². The molecule has 2 amide bonds. The summed E-state index contributed by atoms with van der Waals surface area (Å²) in [6.07, 6.45) is 1.35. The molecule has 1 N–H and O–H groups in total. The largest absolute Gasteiger partial charge is 0.497 e. The third-order valence-electron chi connectivity index (χ3n) is 5.43. The number of benzene rings is 2. The third kappa shape index (κ3) is 7.76. The molecule has 36 heavy (non-hydrogen) atoms. The molecule has 2 aromatic rings. The zero-order valence-corrected chi connectivity index (χ0v) is 23.0. The molecular formula is C25H34ClN3O6S. The number of rotatable bonds is 12. The molecule has 198 valence electrons. The number of carbonyl (C=O) groups is 2. The highest BCUT2D eigenvalue weighted by molar-refractivity contribution is 7.92. The Kier molecular flexibility index (Phi) is 10.4. The normalized spacial score (nSPS) is 12.1. The van der Waals surface area contributed by atoms with Crippen molar-refractivity contribution in [1.82, 2.24) is 10.2 Å². The van der Waals surface area contributed by atoms with Crippen LogP contribution in [0.15, 0.2) is 42.5 Å². The summed E-state index contributed by atoms with van der Waals surface area (Å²) in [6, 6.07) is 10.6. The number of halogens is 1. The van der Waals surface area contributed by atoms with Crippen LogP contribution in [0.4, 0.5) is 5.69 Å². The van der Waals surface area contributed by atoms with Crippen LogP contribution in [0.1, 0.15) is 32.8 Å². The molecule has 0 aliphatic rings. The van der Waals surface area contributed by atoms with Gasteiger partial charge in [-0.1, -0.05) is 30.7 Å². The molecule has 9 nitrogen and oxygen atoms in total. The highest BCUT2D eigenvalue weighted by atomic mass is 35.5. The van der Waals surface area contributed by atoms with Crippen molar-refractivity contribution in [3.63, 3.8) is 0 Å². The Morgan fingerprint density at radius 2 is 1.69 bits per heavy atom. The number of carbonyl (C=O) groups excluding carboxylic acids is 2. The van der Waals surface area contributed by atoms with E-state index in [4.69, 9.17) is 21.1 Å². The van der Waals surface area contributed by atoms with E-state index in [0.29, 0.717) is 17.9 Å². The maximum absolute atomic E-state index is 13.7. The molecule has 0 unspecified atom stereocenters. The highest BCUT2D eigenvalue weighted by Gasteiger charge is 2.32. The predicted octanol–water partition coefficient (Wildman–Crippen LogP) is 3.46. The molecule has 0 aliphatic carbocycles. The Morgan fingerprint density at radius 3 is 2.17 bits per heavy atom. The number of amides is 2. The Bertz CT molecular complexity index is 1150. The van der Waals surface area contributed by atoms with Gasteiger partial charge in [0.2, 0.25) is 21.8 Å². The van der Waals surface area contributed by atoms with Crippen LogP contribution in [-0.2, 0) is 26.2 Å². The molecule has 0 fully saturated rings. The van der Waals surface area contributed by atoms with E-state index in [-0.39, 0.29) is 29.2 Å². The molecule has 2 aromatic carbocycles. The summed E-state index contributed by atoms with van der Waals surface area (Å²) < 4.78 is 36.7. The quantitative estimate of drug-likeness (QED) is 0.443. The molecule has 0 saturated carbocycles. The molecular weight excluding hydrogens is 506 g/mol. The van der Waals surface area contributed by atoms with Crippen LogP contribution in [0.2, 0.25) is 5.02 Å². The van der Waals surface area contributed by atoms with E-state index in [1.807, 2.05) is 13.8 Å². The van der Waals surface area contributed by atoms with Crippen LogP contribution in [-0.4, -0.2) is 64.2 Å². The summed E-state index contributed by atoms with van der Waals surface area (Å²) in [5.74, 6) is 0.181. The molecule has 1 atom stereocenters. The van der Waals surface area contributed by atoms with Gasteiger partial charge in [0.05, 0.1) is 31.2 Å². The van der Waals surface area contributed by atoms with Gasteiger partial charge in [-0.3, -0.25) is 13.9 Å². The first-order chi connectivity index (χ1) is 16.9. The Balaban J connectivity index is 2.46. The number of nitrogens with zero attached hydrogens (tertiary/aromatic N) is 2.